The highest BCUT2D eigenvalue weighted by Crippen LogP contribution is 2.38. The lowest BCUT2D eigenvalue weighted by atomic mass is 10.0. The quantitative estimate of drug-likeness (QED) is 0.623. The lowest BCUT2D eigenvalue weighted by Gasteiger charge is -2.41. The predicted molar refractivity (Wildman–Crippen MR) is 124 cm³/mol. The highest BCUT2D eigenvalue weighted by molar-refractivity contribution is 7.90. The smallest absolute Gasteiger partial charge is 0.425 e. The maximum atomic E-state index is 12.7. The van der Waals surface area contributed by atoms with Crippen molar-refractivity contribution in [1.29, 1.82) is 0 Å². The fourth-order valence-electron chi connectivity index (χ4n) is 4.07. The second-order valence-corrected chi connectivity index (χ2v) is 10.6. The molecule has 36 heavy (non-hydrogen) atoms. The van der Waals surface area contributed by atoms with Gasteiger partial charge in [-0.05, 0) is 44.0 Å². The van der Waals surface area contributed by atoms with Gasteiger partial charge >= 0.3 is 12.3 Å². The number of likely N-dealkylation sites (tertiary alicyclic amines) is 1. The van der Waals surface area contributed by atoms with E-state index < -0.39 is 28.2 Å². The van der Waals surface area contributed by atoms with Gasteiger partial charge in [-0.15, -0.1) is 0 Å². The van der Waals surface area contributed by atoms with E-state index in [1.54, 1.807) is 12.1 Å². The first-order valence-corrected chi connectivity index (χ1v) is 13.2. The van der Waals surface area contributed by atoms with E-state index in [1.165, 1.54) is 23.4 Å². The maximum absolute atomic E-state index is 12.7. The number of hydrogen-bond donors (Lipinski definition) is 1. The monoisotopic (exact) mass is 529 g/mol. The SMILES string of the molecule is CC(OC(=O)N1CCC(N2CCOc3c(Nc4ccc(S(C)(=O)=O)cc4)ncnc32)CC1)C(F)(F)F. The van der Waals surface area contributed by atoms with Crippen LogP contribution in [0.25, 0.3) is 0 Å². The molecule has 0 aliphatic carbocycles. The third-order valence-corrected chi connectivity index (χ3v) is 7.21. The molecular weight excluding hydrogens is 503 g/mol. The van der Waals surface area contributed by atoms with Crippen LogP contribution in [0, 0.1) is 0 Å². The van der Waals surface area contributed by atoms with Gasteiger partial charge in [0, 0.05) is 31.1 Å². The van der Waals surface area contributed by atoms with Crippen LogP contribution in [0.1, 0.15) is 19.8 Å². The molecule has 3 heterocycles. The van der Waals surface area contributed by atoms with Crippen LogP contribution < -0.4 is 15.0 Å². The normalized spacial score (nSPS) is 17.7. The van der Waals surface area contributed by atoms with Crippen LogP contribution in [0.15, 0.2) is 35.5 Å². The van der Waals surface area contributed by atoms with Crippen molar-refractivity contribution in [3.8, 4) is 5.75 Å². The lowest BCUT2D eigenvalue weighted by molar-refractivity contribution is -0.199. The number of rotatable bonds is 5. The van der Waals surface area contributed by atoms with Crippen molar-refractivity contribution in [1.82, 2.24) is 14.9 Å². The Labute approximate surface area is 206 Å². The first kappa shape index (κ1) is 25.8. The molecular formula is C22H26F3N5O5S. The van der Waals surface area contributed by atoms with Crippen LogP contribution in [-0.2, 0) is 14.6 Å². The van der Waals surface area contributed by atoms with Crippen molar-refractivity contribution in [2.45, 2.75) is 43.0 Å². The fraction of sp³-hybridized carbons (Fsp3) is 0.500. The average Bonchev–Trinajstić information content (AvgIpc) is 2.83. The molecule has 1 aromatic heterocycles. The zero-order valence-electron chi connectivity index (χ0n) is 19.7. The van der Waals surface area contributed by atoms with E-state index in [0.717, 1.165) is 13.2 Å². The number of fused-ring (bicyclic) bond motifs is 1. The van der Waals surface area contributed by atoms with E-state index in [2.05, 4.69) is 24.9 Å². The van der Waals surface area contributed by atoms with Crippen molar-refractivity contribution < 1.29 is 35.9 Å². The molecule has 0 bridgehead atoms. The Hall–Kier alpha value is -3.29. The lowest BCUT2D eigenvalue weighted by Crippen LogP contribution is -2.50. The standard InChI is InChI=1S/C22H26F3N5O5S/c1-14(22(23,24)25)35-21(31)29-9-7-16(8-10-29)30-11-12-34-18-19(26-13-27-20(18)30)28-15-3-5-17(6-4-15)36(2,32)33/h3-6,13-14,16H,7-12H2,1-2H3,(H,26,27,28). The summed E-state index contributed by atoms with van der Waals surface area (Å²) in [6.45, 7) is 2.23. The Morgan fingerprint density at radius 3 is 2.44 bits per heavy atom. The van der Waals surface area contributed by atoms with Gasteiger partial charge in [0.2, 0.25) is 5.75 Å². The number of alkyl halides is 3. The second-order valence-electron chi connectivity index (χ2n) is 8.62. The molecule has 1 unspecified atom stereocenters. The number of piperidine rings is 1. The molecule has 1 saturated heterocycles. The van der Waals surface area contributed by atoms with Gasteiger partial charge < -0.3 is 24.6 Å². The van der Waals surface area contributed by atoms with Gasteiger partial charge in [0.05, 0.1) is 11.4 Å². The van der Waals surface area contributed by atoms with Crippen molar-refractivity contribution in [2.75, 3.05) is 42.7 Å². The molecule has 1 amide bonds. The molecule has 1 aromatic carbocycles. The van der Waals surface area contributed by atoms with Crippen LogP contribution in [-0.4, -0.2) is 80.2 Å². The van der Waals surface area contributed by atoms with E-state index in [0.29, 0.717) is 49.1 Å². The number of amides is 1. The van der Waals surface area contributed by atoms with Crippen molar-refractivity contribution in [3.63, 3.8) is 0 Å². The largest absolute Gasteiger partial charge is 0.485 e. The summed E-state index contributed by atoms with van der Waals surface area (Å²) in [5, 5.41) is 3.13. The van der Waals surface area contributed by atoms with Crippen LogP contribution in [0.3, 0.4) is 0 Å². The number of sulfone groups is 1. The Morgan fingerprint density at radius 1 is 1.17 bits per heavy atom. The molecule has 4 rings (SSSR count). The summed E-state index contributed by atoms with van der Waals surface area (Å²) >= 11 is 0. The average molecular weight is 530 g/mol. The first-order chi connectivity index (χ1) is 16.9. The molecule has 1 N–H and O–H groups in total. The van der Waals surface area contributed by atoms with Gasteiger partial charge in [-0.3, -0.25) is 0 Å². The zero-order chi connectivity index (χ0) is 26.1. The number of nitrogens with one attached hydrogen (secondary N) is 1. The Balaban J connectivity index is 1.43. The minimum atomic E-state index is -4.60. The van der Waals surface area contributed by atoms with Gasteiger partial charge in [0.1, 0.15) is 12.9 Å². The molecule has 1 atom stereocenters. The third-order valence-electron chi connectivity index (χ3n) is 6.08. The molecule has 2 aromatic rings. The minimum Gasteiger partial charge on any atom is -0.485 e. The predicted octanol–water partition coefficient (Wildman–Crippen LogP) is 3.37. The highest BCUT2D eigenvalue weighted by Gasteiger charge is 2.40. The number of ether oxygens (including phenoxy) is 2. The van der Waals surface area contributed by atoms with Gasteiger partial charge in [0.25, 0.3) is 0 Å². The summed E-state index contributed by atoms with van der Waals surface area (Å²) < 4.78 is 71.9. The molecule has 0 radical (unpaired) electrons. The van der Waals surface area contributed by atoms with Crippen LogP contribution in [0.4, 0.5) is 35.3 Å². The first-order valence-electron chi connectivity index (χ1n) is 11.3. The number of anilines is 3. The summed E-state index contributed by atoms with van der Waals surface area (Å²) in [5.41, 5.74) is 0.615. The number of benzene rings is 1. The molecule has 0 saturated carbocycles. The highest BCUT2D eigenvalue weighted by atomic mass is 32.2. The number of carbonyl (C=O) groups excluding carboxylic acids is 1. The van der Waals surface area contributed by atoms with Crippen LogP contribution >= 0.6 is 0 Å². The van der Waals surface area contributed by atoms with E-state index in [1.807, 2.05) is 0 Å². The van der Waals surface area contributed by atoms with E-state index in [-0.39, 0.29) is 24.0 Å². The minimum absolute atomic E-state index is 0.00599. The zero-order valence-corrected chi connectivity index (χ0v) is 20.5. The third kappa shape index (κ3) is 5.74. The summed E-state index contributed by atoms with van der Waals surface area (Å²) in [7, 11) is -3.32. The molecule has 196 valence electrons. The van der Waals surface area contributed by atoms with E-state index in [9.17, 15) is 26.4 Å². The molecule has 0 spiro atoms. The summed E-state index contributed by atoms with van der Waals surface area (Å²) in [4.78, 5) is 24.3. The van der Waals surface area contributed by atoms with Crippen LogP contribution in [0.2, 0.25) is 0 Å². The number of nitrogens with zero attached hydrogens (tertiary/aromatic N) is 4. The molecule has 2 aliphatic heterocycles. The molecule has 2 aliphatic rings. The van der Waals surface area contributed by atoms with Gasteiger partial charge in [-0.25, -0.2) is 23.2 Å². The van der Waals surface area contributed by atoms with E-state index >= 15 is 0 Å². The van der Waals surface area contributed by atoms with Crippen molar-refractivity contribution in [3.05, 3.63) is 30.6 Å². The van der Waals surface area contributed by atoms with Crippen molar-refractivity contribution >= 4 is 33.3 Å². The van der Waals surface area contributed by atoms with Gasteiger partial charge in [-0.1, -0.05) is 0 Å². The Bertz CT molecular complexity index is 1200. The summed E-state index contributed by atoms with van der Waals surface area (Å²) in [6, 6.07) is 6.23. The van der Waals surface area contributed by atoms with Gasteiger partial charge in [-0.2, -0.15) is 13.2 Å². The van der Waals surface area contributed by atoms with E-state index in [4.69, 9.17) is 4.74 Å². The molecule has 14 heteroatoms. The number of aromatic nitrogens is 2. The van der Waals surface area contributed by atoms with Crippen molar-refractivity contribution in [2.24, 2.45) is 0 Å². The Morgan fingerprint density at radius 2 is 1.83 bits per heavy atom. The molecule has 1 fully saturated rings. The maximum Gasteiger partial charge on any atom is 0.425 e. The summed E-state index contributed by atoms with van der Waals surface area (Å²) in [6.07, 6.45) is -4.18. The molecule has 10 nitrogen and oxygen atoms in total. The van der Waals surface area contributed by atoms with Crippen LogP contribution in [0.5, 0.6) is 5.75 Å². The second kappa shape index (κ2) is 9.99. The summed E-state index contributed by atoms with van der Waals surface area (Å²) in [5.74, 6) is 1.42. The Kier molecular flexibility index (Phi) is 7.16. The topological polar surface area (TPSA) is 114 Å². The number of carbonyl (C=O) groups is 1. The number of hydrogen-bond acceptors (Lipinski definition) is 9. The fourth-order valence-corrected chi connectivity index (χ4v) is 4.70. The number of halogens is 3. The van der Waals surface area contributed by atoms with Gasteiger partial charge in [0.15, 0.2) is 27.6 Å².